The molecule has 0 spiro atoms. The Hall–Kier alpha value is -0.750. The Morgan fingerprint density at radius 1 is 1.44 bits per heavy atom. The molecule has 5 nitrogen and oxygen atoms in total. The molecule has 90 valence electrons. The van der Waals surface area contributed by atoms with Crippen LogP contribution in [0.1, 0.15) is 0 Å². The standard InChI is InChI=1S/C10H18N4OS/c1-13-4-6-14(7-5-13)9(15)8-16-10-11-2-3-12-10/h2-8H2,1H3,(H,11,12). The van der Waals surface area contributed by atoms with Gasteiger partial charge in [-0.1, -0.05) is 11.8 Å². The van der Waals surface area contributed by atoms with Gasteiger partial charge >= 0.3 is 0 Å². The number of nitrogens with zero attached hydrogens (tertiary/aromatic N) is 3. The molecule has 0 aliphatic carbocycles. The van der Waals surface area contributed by atoms with Crippen molar-refractivity contribution < 1.29 is 4.79 Å². The summed E-state index contributed by atoms with van der Waals surface area (Å²) in [5.74, 6) is 0.740. The van der Waals surface area contributed by atoms with Crippen molar-refractivity contribution in [2.24, 2.45) is 4.99 Å². The Morgan fingerprint density at radius 3 is 2.81 bits per heavy atom. The number of aliphatic imine (C=N–C) groups is 1. The summed E-state index contributed by atoms with van der Waals surface area (Å²) >= 11 is 1.52. The third-order valence-electron chi connectivity index (χ3n) is 2.83. The molecule has 2 rings (SSSR count). The van der Waals surface area contributed by atoms with Gasteiger partial charge in [0.25, 0.3) is 0 Å². The fraction of sp³-hybridized carbons (Fsp3) is 0.800. The molecule has 1 amide bonds. The lowest BCUT2D eigenvalue weighted by atomic mass is 10.3. The minimum atomic E-state index is 0.231. The molecule has 0 radical (unpaired) electrons. The first kappa shape index (κ1) is 11.7. The van der Waals surface area contributed by atoms with E-state index < -0.39 is 0 Å². The quantitative estimate of drug-likeness (QED) is 0.706. The van der Waals surface area contributed by atoms with E-state index in [9.17, 15) is 4.79 Å². The van der Waals surface area contributed by atoms with E-state index in [1.807, 2.05) is 4.90 Å². The number of nitrogens with one attached hydrogen (secondary N) is 1. The van der Waals surface area contributed by atoms with E-state index in [0.29, 0.717) is 5.75 Å². The van der Waals surface area contributed by atoms with Crippen LogP contribution in [-0.4, -0.2) is 72.9 Å². The molecule has 1 fully saturated rings. The summed E-state index contributed by atoms with van der Waals surface area (Å²) in [5, 5.41) is 4.07. The van der Waals surface area contributed by atoms with Crippen LogP contribution in [0.5, 0.6) is 0 Å². The predicted octanol–water partition coefficient (Wildman–Crippen LogP) is -0.547. The Morgan fingerprint density at radius 2 is 2.19 bits per heavy atom. The van der Waals surface area contributed by atoms with Gasteiger partial charge in [-0.05, 0) is 7.05 Å². The molecule has 2 aliphatic heterocycles. The normalized spacial score (nSPS) is 21.8. The van der Waals surface area contributed by atoms with Crippen LogP contribution in [0.15, 0.2) is 4.99 Å². The summed E-state index contributed by atoms with van der Waals surface area (Å²) in [6.07, 6.45) is 0. The maximum atomic E-state index is 11.9. The van der Waals surface area contributed by atoms with Gasteiger partial charge in [0.1, 0.15) is 0 Å². The second-order valence-electron chi connectivity index (χ2n) is 4.09. The zero-order valence-electron chi connectivity index (χ0n) is 9.61. The van der Waals surface area contributed by atoms with Gasteiger partial charge in [0.05, 0.1) is 12.3 Å². The molecule has 0 bridgehead atoms. The Bertz CT molecular complexity index is 287. The third kappa shape index (κ3) is 3.12. The van der Waals surface area contributed by atoms with Crippen LogP contribution in [0.4, 0.5) is 0 Å². The fourth-order valence-corrected chi connectivity index (χ4v) is 2.58. The summed E-state index contributed by atoms with van der Waals surface area (Å²) in [6, 6.07) is 0. The summed E-state index contributed by atoms with van der Waals surface area (Å²) in [4.78, 5) is 20.3. The molecule has 2 aliphatic rings. The monoisotopic (exact) mass is 242 g/mol. The Kier molecular flexibility index (Phi) is 4.06. The summed E-state index contributed by atoms with van der Waals surface area (Å²) in [5.41, 5.74) is 0. The first-order chi connectivity index (χ1) is 7.75. The first-order valence-electron chi connectivity index (χ1n) is 5.63. The molecule has 1 N–H and O–H groups in total. The van der Waals surface area contributed by atoms with Crippen LogP contribution < -0.4 is 5.32 Å². The number of carbonyl (C=O) groups is 1. The summed E-state index contributed by atoms with van der Waals surface area (Å²) < 4.78 is 0. The van der Waals surface area contributed by atoms with Gasteiger partial charge in [-0.25, -0.2) is 0 Å². The highest BCUT2D eigenvalue weighted by atomic mass is 32.2. The molecule has 6 heteroatoms. The number of amides is 1. The molecule has 0 atom stereocenters. The number of piperazine rings is 1. The zero-order chi connectivity index (χ0) is 11.4. The van der Waals surface area contributed by atoms with Crippen molar-refractivity contribution >= 4 is 22.8 Å². The number of thioether (sulfide) groups is 1. The van der Waals surface area contributed by atoms with Crippen molar-refractivity contribution in [3.63, 3.8) is 0 Å². The van der Waals surface area contributed by atoms with Crippen LogP contribution in [0.2, 0.25) is 0 Å². The Labute approximate surface area is 100 Å². The fourth-order valence-electron chi connectivity index (χ4n) is 1.75. The van der Waals surface area contributed by atoms with Crippen molar-refractivity contribution in [2.75, 3.05) is 52.1 Å². The van der Waals surface area contributed by atoms with E-state index in [1.165, 1.54) is 11.8 Å². The average molecular weight is 242 g/mol. The number of hydrogen-bond donors (Lipinski definition) is 1. The van der Waals surface area contributed by atoms with Gasteiger partial charge in [-0.2, -0.15) is 0 Å². The second kappa shape index (κ2) is 5.54. The lowest BCUT2D eigenvalue weighted by molar-refractivity contribution is -0.129. The maximum absolute atomic E-state index is 11.9. The summed E-state index contributed by atoms with van der Waals surface area (Å²) in [7, 11) is 2.09. The van der Waals surface area contributed by atoms with Crippen molar-refractivity contribution in [1.29, 1.82) is 0 Å². The second-order valence-corrected chi connectivity index (χ2v) is 5.05. The summed E-state index contributed by atoms with van der Waals surface area (Å²) in [6.45, 7) is 5.42. The largest absolute Gasteiger partial charge is 0.363 e. The van der Waals surface area contributed by atoms with Gasteiger partial charge in [0.2, 0.25) is 5.91 Å². The smallest absolute Gasteiger partial charge is 0.233 e. The topological polar surface area (TPSA) is 47.9 Å². The lowest BCUT2D eigenvalue weighted by Crippen LogP contribution is -2.47. The van der Waals surface area contributed by atoms with E-state index >= 15 is 0 Å². The van der Waals surface area contributed by atoms with Crippen LogP contribution >= 0.6 is 11.8 Å². The van der Waals surface area contributed by atoms with Crippen molar-refractivity contribution in [3.8, 4) is 0 Å². The van der Waals surface area contributed by atoms with Crippen LogP contribution in [0.3, 0.4) is 0 Å². The van der Waals surface area contributed by atoms with Crippen molar-refractivity contribution in [3.05, 3.63) is 0 Å². The molecule has 2 heterocycles. The van der Waals surface area contributed by atoms with Crippen LogP contribution in [-0.2, 0) is 4.79 Å². The molecule has 0 saturated carbocycles. The SMILES string of the molecule is CN1CCN(C(=O)CSC2=NCCN2)CC1. The first-order valence-corrected chi connectivity index (χ1v) is 6.62. The number of likely N-dealkylation sites (N-methyl/N-ethyl adjacent to an activating group) is 1. The maximum Gasteiger partial charge on any atom is 0.233 e. The molecule has 0 unspecified atom stereocenters. The van der Waals surface area contributed by atoms with E-state index in [-0.39, 0.29) is 5.91 Å². The van der Waals surface area contributed by atoms with Gasteiger partial charge in [-0.15, -0.1) is 0 Å². The molecular formula is C10H18N4OS. The van der Waals surface area contributed by atoms with E-state index in [1.54, 1.807) is 0 Å². The highest BCUT2D eigenvalue weighted by molar-refractivity contribution is 8.14. The highest BCUT2D eigenvalue weighted by Crippen LogP contribution is 2.08. The minimum absolute atomic E-state index is 0.231. The Balaban J connectivity index is 1.71. The highest BCUT2D eigenvalue weighted by Gasteiger charge is 2.19. The van der Waals surface area contributed by atoms with Gasteiger partial charge in [0, 0.05) is 32.7 Å². The number of amidine groups is 1. The average Bonchev–Trinajstić information content (AvgIpc) is 2.80. The van der Waals surface area contributed by atoms with Gasteiger partial charge in [-0.3, -0.25) is 9.79 Å². The molecule has 0 aromatic heterocycles. The third-order valence-corrected chi connectivity index (χ3v) is 3.77. The lowest BCUT2D eigenvalue weighted by Gasteiger charge is -2.32. The molecule has 16 heavy (non-hydrogen) atoms. The van der Waals surface area contributed by atoms with Gasteiger partial charge < -0.3 is 15.1 Å². The van der Waals surface area contributed by atoms with Crippen molar-refractivity contribution in [1.82, 2.24) is 15.1 Å². The van der Waals surface area contributed by atoms with Crippen LogP contribution in [0, 0.1) is 0 Å². The van der Waals surface area contributed by atoms with Gasteiger partial charge in [0.15, 0.2) is 5.17 Å². The molecular weight excluding hydrogens is 224 g/mol. The van der Waals surface area contributed by atoms with E-state index in [0.717, 1.165) is 44.4 Å². The number of carbonyl (C=O) groups excluding carboxylic acids is 1. The van der Waals surface area contributed by atoms with E-state index in [4.69, 9.17) is 0 Å². The molecule has 1 saturated heterocycles. The minimum Gasteiger partial charge on any atom is -0.363 e. The van der Waals surface area contributed by atoms with Crippen LogP contribution in [0.25, 0.3) is 0 Å². The predicted molar refractivity (Wildman–Crippen MR) is 66.8 cm³/mol. The van der Waals surface area contributed by atoms with E-state index in [2.05, 4.69) is 22.3 Å². The molecule has 0 aromatic rings. The number of rotatable bonds is 2. The number of hydrogen-bond acceptors (Lipinski definition) is 5. The molecule has 0 aromatic carbocycles. The zero-order valence-corrected chi connectivity index (χ0v) is 10.4. The van der Waals surface area contributed by atoms with Crippen molar-refractivity contribution in [2.45, 2.75) is 0 Å².